The first-order chi connectivity index (χ1) is 16.3. The van der Waals surface area contributed by atoms with Gasteiger partial charge in [-0.05, 0) is 24.6 Å². The van der Waals surface area contributed by atoms with E-state index >= 15 is 0 Å². The molecule has 4 N–H and O–H groups in total. The molecule has 0 saturated heterocycles. The van der Waals surface area contributed by atoms with E-state index < -0.39 is 17.2 Å². The van der Waals surface area contributed by atoms with Crippen LogP contribution in [0.3, 0.4) is 0 Å². The predicted octanol–water partition coefficient (Wildman–Crippen LogP) is 3.93. The second kappa shape index (κ2) is 7.99. The Morgan fingerprint density at radius 2 is 1.97 bits per heavy atom. The van der Waals surface area contributed by atoms with Crippen LogP contribution < -0.4 is 5.73 Å². The number of hydrogen-bond donors (Lipinski definition) is 3. The SMILES string of the molecule is CCC(O)(c1cc(-c2c[nH]c3ncc(-c4cnn(C)c4)cc23)nc(N)n1)c1cccc(F)c1F. The number of aryl methyl sites for hydroxylation is 1. The van der Waals surface area contributed by atoms with Crippen LogP contribution in [0.1, 0.15) is 24.6 Å². The largest absolute Gasteiger partial charge is 0.379 e. The Morgan fingerprint density at radius 3 is 2.71 bits per heavy atom. The fourth-order valence-corrected chi connectivity index (χ4v) is 4.09. The summed E-state index contributed by atoms with van der Waals surface area (Å²) in [5.74, 6) is -2.30. The molecule has 0 amide bonds. The first-order valence-electron chi connectivity index (χ1n) is 10.6. The zero-order chi connectivity index (χ0) is 24.0. The number of hydrogen-bond acceptors (Lipinski definition) is 6. The summed E-state index contributed by atoms with van der Waals surface area (Å²) in [5.41, 5.74) is 7.37. The van der Waals surface area contributed by atoms with E-state index in [2.05, 4.69) is 25.0 Å². The number of benzene rings is 1. The number of rotatable bonds is 5. The van der Waals surface area contributed by atoms with Crippen LogP contribution in [0.2, 0.25) is 0 Å². The Morgan fingerprint density at radius 1 is 1.15 bits per heavy atom. The van der Waals surface area contributed by atoms with Gasteiger partial charge in [0.05, 0.1) is 17.6 Å². The number of pyridine rings is 1. The van der Waals surface area contributed by atoms with Crippen LogP contribution in [0.4, 0.5) is 14.7 Å². The molecule has 1 aromatic carbocycles. The minimum atomic E-state index is -1.91. The average molecular weight is 461 g/mol. The van der Waals surface area contributed by atoms with E-state index in [1.165, 1.54) is 18.2 Å². The van der Waals surface area contributed by atoms with Gasteiger partial charge in [0.25, 0.3) is 0 Å². The van der Waals surface area contributed by atoms with Crippen LogP contribution in [0.25, 0.3) is 33.4 Å². The highest BCUT2D eigenvalue weighted by Gasteiger charge is 2.36. The molecule has 4 heterocycles. The van der Waals surface area contributed by atoms with Crippen LogP contribution in [0.15, 0.2) is 55.1 Å². The van der Waals surface area contributed by atoms with Gasteiger partial charge in [-0.2, -0.15) is 5.10 Å². The van der Waals surface area contributed by atoms with Crippen molar-refractivity contribution in [1.82, 2.24) is 29.7 Å². The van der Waals surface area contributed by atoms with E-state index in [0.29, 0.717) is 16.9 Å². The van der Waals surface area contributed by atoms with E-state index in [-0.39, 0.29) is 23.6 Å². The van der Waals surface area contributed by atoms with Crippen molar-refractivity contribution in [2.45, 2.75) is 18.9 Å². The summed E-state index contributed by atoms with van der Waals surface area (Å²) in [7, 11) is 1.83. The summed E-state index contributed by atoms with van der Waals surface area (Å²) >= 11 is 0. The highest BCUT2D eigenvalue weighted by atomic mass is 19.2. The third-order valence-electron chi connectivity index (χ3n) is 5.92. The molecular formula is C24H21F2N7O. The maximum atomic E-state index is 14.6. The molecule has 10 heteroatoms. The monoisotopic (exact) mass is 461 g/mol. The summed E-state index contributed by atoms with van der Waals surface area (Å²) in [6.45, 7) is 1.65. The van der Waals surface area contributed by atoms with E-state index in [1.807, 2.05) is 19.3 Å². The summed E-state index contributed by atoms with van der Waals surface area (Å²) in [5, 5.41) is 16.4. The van der Waals surface area contributed by atoms with Crippen molar-refractivity contribution in [3.63, 3.8) is 0 Å². The Bertz CT molecular complexity index is 1530. The Hall–Kier alpha value is -4.18. The van der Waals surface area contributed by atoms with Gasteiger partial charge in [0.1, 0.15) is 11.2 Å². The molecule has 5 aromatic rings. The number of anilines is 1. The summed E-state index contributed by atoms with van der Waals surface area (Å²) < 4.78 is 30.3. The zero-order valence-electron chi connectivity index (χ0n) is 18.4. The highest BCUT2D eigenvalue weighted by Crippen LogP contribution is 2.37. The summed E-state index contributed by atoms with van der Waals surface area (Å²) in [6.07, 6.45) is 7.12. The molecule has 0 aliphatic rings. The maximum absolute atomic E-state index is 14.6. The standard InChI is InChI=1S/C24H21F2N7O/c1-3-24(34,17-5-4-6-18(25)21(17)26)20-8-19(31-23(27)32-20)16-11-29-22-15(16)7-13(9-28-22)14-10-30-33(2)12-14/h4-12,34H,3H2,1-2H3,(H,28,29)(H2,27,31,32). The number of aromatic nitrogens is 6. The van der Waals surface area contributed by atoms with Gasteiger partial charge in [-0.1, -0.05) is 19.1 Å². The number of aliphatic hydroxyl groups is 1. The predicted molar refractivity (Wildman–Crippen MR) is 123 cm³/mol. The van der Waals surface area contributed by atoms with Crippen LogP contribution in [0.5, 0.6) is 0 Å². The Labute approximate surface area is 193 Å². The Kier molecular flexibility index (Phi) is 5.09. The van der Waals surface area contributed by atoms with E-state index in [1.54, 1.807) is 30.2 Å². The molecule has 0 saturated carbocycles. The third kappa shape index (κ3) is 3.48. The number of nitrogens with two attached hydrogens (primary N) is 1. The number of aromatic amines is 1. The second-order valence-electron chi connectivity index (χ2n) is 8.04. The number of nitrogens with zero attached hydrogens (tertiary/aromatic N) is 5. The number of nitrogens with one attached hydrogen (secondary N) is 1. The lowest BCUT2D eigenvalue weighted by Crippen LogP contribution is -2.30. The quantitative estimate of drug-likeness (QED) is 0.365. The van der Waals surface area contributed by atoms with E-state index in [4.69, 9.17) is 5.73 Å². The number of fused-ring (bicyclic) bond motifs is 1. The zero-order valence-corrected chi connectivity index (χ0v) is 18.4. The van der Waals surface area contributed by atoms with Crippen molar-refractivity contribution >= 4 is 17.0 Å². The fourth-order valence-electron chi connectivity index (χ4n) is 4.09. The van der Waals surface area contributed by atoms with Crippen molar-refractivity contribution < 1.29 is 13.9 Å². The van der Waals surface area contributed by atoms with Gasteiger partial charge in [0.2, 0.25) is 5.95 Å². The molecule has 0 bridgehead atoms. The molecule has 8 nitrogen and oxygen atoms in total. The molecule has 0 spiro atoms. The van der Waals surface area contributed by atoms with Crippen LogP contribution in [0, 0.1) is 11.6 Å². The number of halogens is 2. The third-order valence-corrected chi connectivity index (χ3v) is 5.92. The lowest BCUT2D eigenvalue weighted by molar-refractivity contribution is 0.0673. The molecule has 0 fully saturated rings. The maximum Gasteiger partial charge on any atom is 0.220 e. The Balaban J connectivity index is 1.66. The van der Waals surface area contributed by atoms with Crippen molar-refractivity contribution in [1.29, 1.82) is 0 Å². The number of H-pyrrole nitrogens is 1. The van der Waals surface area contributed by atoms with Gasteiger partial charge in [-0.15, -0.1) is 0 Å². The minimum absolute atomic E-state index is 0.0316. The summed E-state index contributed by atoms with van der Waals surface area (Å²) in [6, 6.07) is 7.14. The minimum Gasteiger partial charge on any atom is -0.379 e. The lowest BCUT2D eigenvalue weighted by Gasteiger charge is -2.27. The van der Waals surface area contributed by atoms with Crippen LogP contribution in [-0.2, 0) is 12.6 Å². The van der Waals surface area contributed by atoms with Crippen molar-refractivity contribution in [3.05, 3.63) is 78.0 Å². The smallest absolute Gasteiger partial charge is 0.220 e. The average Bonchev–Trinajstić information content (AvgIpc) is 3.45. The second-order valence-corrected chi connectivity index (χ2v) is 8.04. The molecule has 4 aromatic heterocycles. The van der Waals surface area contributed by atoms with Crippen LogP contribution in [-0.4, -0.2) is 34.8 Å². The molecule has 0 aliphatic carbocycles. The van der Waals surface area contributed by atoms with Gasteiger partial charge < -0.3 is 15.8 Å². The molecular weight excluding hydrogens is 440 g/mol. The normalized spacial score (nSPS) is 13.3. The molecule has 1 unspecified atom stereocenters. The lowest BCUT2D eigenvalue weighted by atomic mass is 9.86. The van der Waals surface area contributed by atoms with Gasteiger partial charge in [-0.25, -0.2) is 23.7 Å². The van der Waals surface area contributed by atoms with Gasteiger partial charge in [0, 0.05) is 53.3 Å². The van der Waals surface area contributed by atoms with E-state index in [9.17, 15) is 13.9 Å². The van der Waals surface area contributed by atoms with Crippen molar-refractivity contribution in [2.24, 2.45) is 7.05 Å². The topological polar surface area (TPSA) is 119 Å². The molecule has 172 valence electrons. The fraction of sp³-hybridized carbons (Fsp3) is 0.167. The van der Waals surface area contributed by atoms with Crippen molar-refractivity contribution in [3.8, 4) is 22.4 Å². The van der Waals surface area contributed by atoms with Gasteiger partial charge in [-0.3, -0.25) is 4.68 Å². The van der Waals surface area contributed by atoms with Crippen LogP contribution >= 0.6 is 0 Å². The first kappa shape index (κ1) is 21.7. The van der Waals surface area contributed by atoms with E-state index in [0.717, 1.165) is 22.6 Å². The molecule has 34 heavy (non-hydrogen) atoms. The molecule has 0 radical (unpaired) electrons. The highest BCUT2D eigenvalue weighted by molar-refractivity contribution is 5.95. The van der Waals surface area contributed by atoms with Gasteiger partial charge in [0.15, 0.2) is 11.6 Å². The molecule has 5 rings (SSSR count). The molecule has 0 aliphatic heterocycles. The summed E-state index contributed by atoms with van der Waals surface area (Å²) in [4.78, 5) is 16.1. The van der Waals surface area contributed by atoms with Crippen molar-refractivity contribution in [2.75, 3.05) is 5.73 Å². The molecule has 1 atom stereocenters. The number of nitrogen functional groups attached to an aromatic ring is 1. The van der Waals surface area contributed by atoms with Gasteiger partial charge >= 0.3 is 0 Å². The first-order valence-corrected chi connectivity index (χ1v) is 10.6.